The summed E-state index contributed by atoms with van der Waals surface area (Å²) < 4.78 is 27.4. The number of sulfonamides is 1. The van der Waals surface area contributed by atoms with Gasteiger partial charge in [0.05, 0.1) is 14.5 Å². The molecule has 0 aliphatic rings. The van der Waals surface area contributed by atoms with E-state index in [-0.39, 0.29) is 4.21 Å². The van der Waals surface area contributed by atoms with Crippen LogP contribution in [0.1, 0.15) is 6.92 Å². The average Bonchev–Trinajstić information content (AvgIpc) is 2.73. The summed E-state index contributed by atoms with van der Waals surface area (Å²) in [7, 11) is -3.62. The third-order valence-electron chi connectivity index (χ3n) is 2.64. The molecule has 0 fully saturated rings. The SMILES string of the molecule is CCN(c1ccc(N)cc1)S(=O)(=O)c1cc(Cl)c(Br)s1. The first-order valence-electron chi connectivity index (χ1n) is 5.69. The van der Waals surface area contributed by atoms with Crippen LogP contribution in [0.15, 0.2) is 38.3 Å². The van der Waals surface area contributed by atoms with Crippen LogP contribution >= 0.6 is 38.9 Å². The maximum Gasteiger partial charge on any atom is 0.273 e. The van der Waals surface area contributed by atoms with Crippen molar-refractivity contribution in [1.29, 1.82) is 0 Å². The van der Waals surface area contributed by atoms with Gasteiger partial charge in [0.15, 0.2) is 0 Å². The summed E-state index contributed by atoms with van der Waals surface area (Å²) in [5.41, 5.74) is 6.78. The number of halogens is 2. The van der Waals surface area contributed by atoms with Crippen molar-refractivity contribution < 1.29 is 8.42 Å². The van der Waals surface area contributed by atoms with Gasteiger partial charge in [-0.05, 0) is 53.2 Å². The van der Waals surface area contributed by atoms with E-state index in [0.717, 1.165) is 11.3 Å². The van der Waals surface area contributed by atoms with Crippen molar-refractivity contribution in [3.63, 3.8) is 0 Å². The minimum absolute atomic E-state index is 0.202. The van der Waals surface area contributed by atoms with Gasteiger partial charge in [0.2, 0.25) is 0 Å². The van der Waals surface area contributed by atoms with E-state index in [4.69, 9.17) is 17.3 Å². The number of benzene rings is 1. The molecular weight excluding hydrogens is 384 g/mol. The van der Waals surface area contributed by atoms with Crippen molar-refractivity contribution in [3.8, 4) is 0 Å². The Morgan fingerprint density at radius 2 is 1.95 bits per heavy atom. The summed E-state index contributed by atoms with van der Waals surface area (Å²) in [6, 6.07) is 8.16. The molecule has 0 saturated heterocycles. The lowest BCUT2D eigenvalue weighted by Crippen LogP contribution is -2.30. The summed E-state index contributed by atoms with van der Waals surface area (Å²) in [5.74, 6) is 0. The predicted octanol–water partition coefficient (Wildman–Crippen LogP) is 3.96. The van der Waals surface area contributed by atoms with Crippen LogP contribution < -0.4 is 10.0 Å². The van der Waals surface area contributed by atoms with E-state index in [1.165, 1.54) is 10.4 Å². The highest BCUT2D eigenvalue weighted by Gasteiger charge is 2.26. The zero-order valence-electron chi connectivity index (χ0n) is 10.5. The monoisotopic (exact) mass is 394 g/mol. The molecule has 0 amide bonds. The molecule has 0 aliphatic heterocycles. The maximum absolute atomic E-state index is 12.6. The van der Waals surface area contributed by atoms with Crippen molar-refractivity contribution >= 4 is 60.3 Å². The molecule has 2 rings (SSSR count). The number of anilines is 2. The van der Waals surface area contributed by atoms with Gasteiger partial charge >= 0.3 is 0 Å². The number of nitrogens with zero attached hydrogens (tertiary/aromatic N) is 1. The van der Waals surface area contributed by atoms with Gasteiger partial charge < -0.3 is 5.73 Å². The average molecular weight is 396 g/mol. The quantitative estimate of drug-likeness (QED) is 0.797. The van der Waals surface area contributed by atoms with E-state index in [2.05, 4.69) is 15.9 Å². The maximum atomic E-state index is 12.6. The molecule has 2 N–H and O–H groups in total. The topological polar surface area (TPSA) is 63.4 Å². The second-order valence-electron chi connectivity index (χ2n) is 3.95. The molecule has 1 aromatic carbocycles. The zero-order chi connectivity index (χ0) is 14.9. The number of nitrogens with two attached hydrogens (primary N) is 1. The standard InChI is InChI=1S/C12H12BrClN2O2S2/c1-2-16(9-5-3-8(15)4-6-9)20(17,18)11-7-10(14)12(13)19-11/h3-7H,2,15H2,1H3. The van der Waals surface area contributed by atoms with Gasteiger partial charge in [0, 0.05) is 12.2 Å². The summed E-state index contributed by atoms with van der Waals surface area (Å²) in [6.45, 7) is 2.09. The summed E-state index contributed by atoms with van der Waals surface area (Å²) in [5, 5.41) is 0.391. The molecule has 8 heteroatoms. The van der Waals surface area contributed by atoms with Gasteiger partial charge in [-0.2, -0.15) is 0 Å². The second kappa shape index (κ2) is 5.93. The fourth-order valence-corrected chi connectivity index (χ4v) is 5.68. The van der Waals surface area contributed by atoms with Gasteiger partial charge in [-0.15, -0.1) is 11.3 Å². The smallest absolute Gasteiger partial charge is 0.273 e. The lowest BCUT2D eigenvalue weighted by molar-refractivity contribution is 0.594. The molecule has 0 bridgehead atoms. The van der Waals surface area contributed by atoms with Crippen molar-refractivity contribution in [3.05, 3.63) is 39.1 Å². The van der Waals surface area contributed by atoms with E-state index < -0.39 is 10.0 Å². The normalized spacial score (nSPS) is 11.6. The fraction of sp³-hybridized carbons (Fsp3) is 0.167. The molecule has 0 atom stereocenters. The molecule has 2 aromatic rings. The first-order valence-corrected chi connectivity index (χ1v) is 9.12. The van der Waals surface area contributed by atoms with Crippen LogP contribution in [-0.2, 0) is 10.0 Å². The predicted molar refractivity (Wildman–Crippen MR) is 88.1 cm³/mol. The molecule has 0 aliphatic carbocycles. The lowest BCUT2D eigenvalue weighted by Gasteiger charge is -2.22. The Hall–Kier alpha value is -0.760. The Balaban J connectivity index is 2.47. The highest BCUT2D eigenvalue weighted by atomic mass is 79.9. The minimum atomic E-state index is -3.62. The number of thiophene rings is 1. The van der Waals surface area contributed by atoms with Crippen molar-refractivity contribution in [2.75, 3.05) is 16.6 Å². The van der Waals surface area contributed by atoms with Crippen LogP contribution in [0.3, 0.4) is 0 Å². The van der Waals surface area contributed by atoms with Gasteiger partial charge in [-0.25, -0.2) is 8.42 Å². The number of rotatable bonds is 4. The lowest BCUT2D eigenvalue weighted by atomic mass is 10.3. The molecule has 20 heavy (non-hydrogen) atoms. The van der Waals surface area contributed by atoms with Crippen LogP contribution in [0.4, 0.5) is 11.4 Å². The van der Waals surface area contributed by atoms with Crippen LogP contribution in [0.2, 0.25) is 5.02 Å². The Morgan fingerprint density at radius 3 is 2.40 bits per heavy atom. The highest BCUT2D eigenvalue weighted by molar-refractivity contribution is 9.11. The van der Waals surface area contributed by atoms with E-state index in [1.54, 1.807) is 31.2 Å². The van der Waals surface area contributed by atoms with E-state index in [0.29, 0.717) is 26.7 Å². The van der Waals surface area contributed by atoms with Crippen molar-refractivity contribution in [1.82, 2.24) is 0 Å². The first kappa shape index (κ1) is 15.6. The first-order chi connectivity index (χ1) is 9.36. The van der Waals surface area contributed by atoms with E-state index >= 15 is 0 Å². The Bertz CT molecular complexity index is 694. The van der Waals surface area contributed by atoms with Gasteiger partial charge in [0.1, 0.15) is 4.21 Å². The van der Waals surface area contributed by atoms with Crippen molar-refractivity contribution in [2.45, 2.75) is 11.1 Å². The zero-order valence-corrected chi connectivity index (χ0v) is 14.5. The molecule has 0 unspecified atom stereocenters. The number of hydrogen-bond donors (Lipinski definition) is 1. The van der Waals surface area contributed by atoms with E-state index in [9.17, 15) is 8.42 Å². The summed E-state index contributed by atoms with van der Waals surface area (Å²) in [4.78, 5) is 0. The van der Waals surface area contributed by atoms with Gasteiger partial charge in [-0.3, -0.25) is 4.31 Å². The molecule has 0 spiro atoms. The van der Waals surface area contributed by atoms with Gasteiger partial charge in [-0.1, -0.05) is 11.6 Å². The molecule has 0 saturated carbocycles. The summed E-state index contributed by atoms with van der Waals surface area (Å²) in [6.07, 6.45) is 0. The Labute approximate surface area is 135 Å². The van der Waals surface area contributed by atoms with Crippen molar-refractivity contribution in [2.24, 2.45) is 0 Å². The molecule has 4 nitrogen and oxygen atoms in total. The molecule has 108 valence electrons. The van der Waals surface area contributed by atoms with Crippen LogP contribution in [0, 0.1) is 0 Å². The largest absolute Gasteiger partial charge is 0.399 e. The van der Waals surface area contributed by atoms with Crippen LogP contribution in [0.25, 0.3) is 0 Å². The van der Waals surface area contributed by atoms with Crippen LogP contribution in [-0.4, -0.2) is 15.0 Å². The highest BCUT2D eigenvalue weighted by Crippen LogP contribution is 2.37. The third kappa shape index (κ3) is 2.95. The Kier molecular flexibility index (Phi) is 4.63. The second-order valence-corrected chi connectivity index (χ2v) is 8.81. The van der Waals surface area contributed by atoms with Crippen LogP contribution in [0.5, 0.6) is 0 Å². The Morgan fingerprint density at radius 1 is 1.35 bits per heavy atom. The number of hydrogen-bond acceptors (Lipinski definition) is 4. The molecule has 1 heterocycles. The van der Waals surface area contributed by atoms with E-state index in [1.807, 2.05) is 0 Å². The summed E-state index contributed by atoms with van der Waals surface area (Å²) >= 11 is 10.2. The fourth-order valence-electron chi connectivity index (χ4n) is 1.69. The molecule has 0 radical (unpaired) electrons. The molecule has 1 aromatic heterocycles. The number of nitrogen functional groups attached to an aromatic ring is 1. The molecular formula is C12H12BrClN2O2S2. The minimum Gasteiger partial charge on any atom is -0.399 e. The van der Waals surface area contributed by atoms with Gasteiger partial charge in [0.25, 0.3) is 10.0 Å². The third-order valence-corrected chi connectivity index (χ3v) is 7.46.